The van der Waals surface area contributed by atoms with Gasteiger partial charge in [-0.2, -0.15) is 0 Å². The third-order valence-electron chi connectivity index (χ3n) is 6.92. The molecule has 3 aromatic carbocycles. The van der Waals surface area contributed by atoms with E-state index in [-0.39, 0.29) is 28.2 Å². The number of esters is 2. The van der Waals surface area contributed by atoms with Gasteiger partial charge in [0.2, 0.25) is 0 Å². The van der Waals surface area contributed by atoms with Crippen LogP contribution in [0, 0.1) is 5.92 Å². The van der Waals surface area contributed by atoms with E-state index in [1.807, 2.05) is 30.3 Å². The number of ether oxygens (including phenoxy) is 2. The van der Waals surface area contributed by atoms with Crippen LogP contribution in [0.3, 0.4) is 0 Å². The van der Waals surface area contributed by atoms with Gasteiger partial charge in [0.25, 0.3) is 0 Å². The summed E-state index contributed by atoms with van der Waals surface area (Å²) in [6.07, 6.45) is 0.00462. The van der Waals surface area contributed by atoms with Crippen molar-refractivity contribution < 1.29 is 35.9 Å². The molecule has 1 saturated carbocycles. The molecule has 204 valence electrons. The summed E-state index contributed by atoms with van der Waals surface area (Å²) >= 11 is 0. The minimum Gasteiger partial charge on any atom is -0.465 e. The normalized spacial score (nSPS) is 16.1. The van der Waals surface area contributed by atoms with E-state index in [2.05, 4.69) is 0 Å². The predicted molar refractivity (Wildman–Crippen MR) is 144 cm³/mol. The molecule has 4 rings (SSSR count). The third kappa shape index (κ3) is 5.02. The summed E-state index contributed by atoms with van der Waals surface area (Å²) in [5, 5.41) is 0. The van der Waals surface area contributed by atoms with Crippen LogP contribution in [0.2, 0.25) is 0 Å². The zero-order chi connectivity index (χ0) is 28.3. The Kier molecular flexibility index (Phi) is 8.08. The third-order valence-corrected chi connectivity index (χ3v) is 12.7. The molecular formula is C29H28O8S2. The number of sulfone groups is 2. The van der Waals surface area contributed by atoms with Crippen molar-refractivity contribution in [3.63, 3.8) is 0 Å². The second-order valence-electron chi connectivity index (χ2n) is 9.07. The Balaban J connectivity index is 1.96. The van der Waals surface area contributed by atoms with Gasteiger partial charge in [0, 0.05) is 5.92 Å². The van der Waals surface area contributed by atoms with Gasteiger partial charge in [-0.3, -0.25) is 0 Å². The molecule has 1 aliphatic carbocycles. The number of aryl methyl sites for hydroxylation is 1. The predicted octanol–water partition coefficient (Wildman–Crippen LogP) is 3.93. The fourth-order valence-electron chi connectivity index (χ4n) is 4.90. The van der Waals surface area contributed by atoms with E-state index in [4.69, 9.17) is 9.47 Å². The molecule has 0 aromatic heterocycles. The summed E-state index contributed by atoms with van der Waals surface area (Å²) in [5.41, 5.74) is 0.429. The van der Waals surface area contributed by atoms with Crippen LogP contribution in [0.4, 0.5) is 0 Å². The maximum atomic E-state index is 14.2. The summed E-state index contributed by atoms with van der Waals surface area (Å²) in [6, 6.07) is 23.8. The van der Waals surface area contributed by atoms with Crippen LogP contribution in [0.25, 0.3) is 0 Å². The number of hydrogen-bond acceptors (Lipinski definition) is 8. The number of carbonyl (C=O) groups excluding carboxylic acids is 2. The van der Waals surface area contributed by atoms with Crippen LogP contribution in [0.5, 0.6) is 0 Å². The number of allylic oxidation sites excluding steroid dienone is 1. The van der Waals surface area contributed by atoms with Crippen molar-refractivity contribution in [2.75, 3.05) is 14.2 Å². The van der Waals surface area contributed by atoms with Gasteiger partial charge in [-0.1, -0.05) is 66.7 Å². The Labute approximate surface area is 228 Å². The second-order valence-corrected chi connectivity index (χ2v) is 13.7. The molecule has 1 unspecified atom stereocenters. The number of hydrogen-bond donors (Lipinski definition) is 0. The van der Waals surface area contributed by atoms with Gasteiger partial charge in [0.1, 0.15) is 5.57 Å². The zero-order valence-electron chi connectivity index (χ0n) is 21.4. The Morgan fingerprint density at radius 3 is 1.54 bits per heavy atom. The summed E-state index contributed by atoms with van der Waals surface area (Å²) < 4.78 is 64.1. The van der Waals surface area contributed by atoms with Gasteiger partial charge in [0.15, 0.2) is 23.8 Å². The second kappa shape index (κ2) is 11.2. The van der Waals surface area contributed by atoms with E-state index in [0.29, 0.717) is 6.42 Å². The lowest BCUT2D eigenvalue weighted by atomic mass is 9.96. The summed E-state index contributed by atoms with van der Waals surface area (Å²) in [7, 11) is -6.90. The Bertz CT molecular complexity index is 1510. The van der Waals surface area contributed by atoms with E-state index in [1.165, 1.54) is 48.5 Å². The van der Waals surface area contributed by atoms with Crippen molar-refractivity contribution in [3.8, 4) is 0 Å². The van der Waals surface area contributed by atoms with Crippen molar-refractivity contribution in [3.05, 3.63) is 108 Å². The first-order chi connectivity index (χ1) is 18.6. The molecule has 1 fully saturated rings. The van der Waals surface area contributed by atoms with Crippen molar-refractivity contribution in [1.82, 2.24) is 0 Å². The molecule has 0 N–H and O–H groups in total. The SMILES string of the molecule is COC(=O)C(C(=O)OC)=C(CCc1ccccc1)C1CC1(S(=O)(=O)c1ccccc1)S(=O)(=O)c1ccccc1. The summed E-state index contributed by atoms with van der Waals surface area (Å²) in [4.78, 5) is 25.4. The zero-order valence-corrected chi connectivity index (χ0v) is 23.1. The monoisotopic (exact) mass is 568 g/mol. The van der Waals surface area contributed by atoms with Crippen LogP contribution in [-0.4, -0.2) is 47.1 Å². The molecule has 0 amide bonds. The first-order valence-corrected chi connectivity index (χ1v) is 15.1. The number of carbonyl (C=O) groups is 2. The highest BCUT2D eigenvalue weighted by atomic mass is 32.3. The molecule has 3 aromatic rings. The lowest BCUT2D eigenvalue weighted by Gasteiger charge is -2.22. The molecule has 1 atom stereocenters. The molecule has 0 saturated heterocycles. The first-order valence-electron chi connectivity index (χ1n) is 12.1. The van der Waals surface area contributed by atoms with Crippen molar-refractivity contribution in [2.24, 2.45) is 5.92 Å². The quantitative estimate of drug-likeness (QED) is 0.156. The highest BCUT2D eigenvalue weighted by molar-refractivity contribution is 8.11. The maximum absolute atomic E-state index is 14.2. The van der Waals surface area contributed by atoms with E-state index < -0.39 is 47.2 Å². The number of rotatable bonds is 10. The number of methoxy groups -OCH3 is 2. The molecule has 0 aliphatic heterocycles. The topological polar surface area (TPSA) is 121 Å². The Hall–Kier alpha value is -3.76. The van der Waals surface area contributed by atoms with Crippen LogP contribution < -0.4 is 0 Å². The lowest BCUT2D eigenvalue weighted by Crippen LogP contribution is -2.36. The summed E-state index contributed by atoms with van der Waals surface area (Å²) in [6.45, 7) is 0. The largest absolute Gasteiger partial charge is 0.465 e. The van der Waals surface area contributed by atoms with E-state index in [9.17, 15) is 26.4 Å². The smallest absolute Gasteiger partial charge is 0.345 e. The van der Waals surface area contributed by atoms with Gasteiger partial charge in [-0.15, -0.1) is 0 Å². The maximum Gasteiger partial charge on any atom is 0.345 e. The van der Waals surface area contributed by atoms with Gasteiger partial charge in [-0.25, -0.2) is 26.4 Å². The van der Waals surface area contributed by atoms with E-state index >= 15 is 0 Å². The van der Waals surface area contributed by atoms with E-state index in [0.717, 1.165) is 19.8 Å². The van der Waals surface area contributed by atoms with Crippen LogP contribution in [0.15, 0.2) is 112 Å². The van der Waals surface area contributed by atoms with Crippen LogP contribution in [0.1, 0.15) is 18.4 Å². The van der Waals surface area contributed by atoms with Crippen molar-refractivity contribution in [1.29, 1.82) is 0 Å². The Morgan fingerprint density at radius 1 is 0.718 bits per heavy atom. The molecule has 0 radical (unpaired) electrons. The lowest BCUT2D eigenvalue weighted by molar-refractivity contribution is -0.144. The first kappa shape index (κ1) is 28.3. The standard InChI is InChI=1S/C29H28O8S2/c1-36-27(30)26(28(31)37-2)24(19-18-21-12-6-3-7-13-21)25-20-29(25,38(32,33)22-14-8-4-9-15-22)39(34,35)23-16-10-5-11-17-23/h3-17,25H,18-20H2,1-2H3. The van der Waals surface area contributed by atoms with Gasteiger partial charge in [-0.05, 0) is 54.7 Å². The van der Waals surface area contributed by atoms with Gasteiger partial charge in [0.05, 0.1) is 24.0 Å². The fraction of sp³-hybridized carbons (Fsp3) is 0.241. The van der Waals surface area contributed by atoms with Crippen LogP contribution in [-0.2, 0) is 45.2 Å². The fourth-order valence-corrected chi connectivity index (χ4v) is 10.3. The van der Waals surface area contributed by atoms with Crippen LogP contribution >= 0.6 is 0 Å². The van der Waals surface area contributed by atoms with Gasteiger partial charge < -0.3 is 9.47 Å². The van der Waals surface area contributed by atoms with Crippen molar-refractivity contribution in [2.45, 2.75) is 33.1 Å². The molecule has 0 spiro atoms. The Morgan fingerprint density at radius 2 is 1.13 bits per heavy atom. The number of benzene rings is 3. The molecule has 10 heteroatoms. The highest BCUT2D eigenvalue weighted by Crippen LogP contribution is 2.62. The molecule has 8 nitrogen and oxygen atoms in total. The highest BCUT2D eigenvalue weighted by Gasteiger charge is 2.74. The minimum absolute atomic E-state index is 0.0323. The van der Waals surface area contributed by atoms with Gasteiger partial charge >= 0.3 is 11.9 Å². The average molecular weight is 569 g/mol. The molecule has 39 heavy (non-hydrogen) atoms. The minimum atomic E-state index is -4.54. The average Bonchev–Trinajstić information content (AvgIpc) is 3.74. The van der Waals surface area contributed by atoms with Crippen molar-refractivity contribution >= 4 is 31.6 Å². The molecule has 0 heterocycles. The molecular weight excluding hydrogens is 540 g/mol. The molecule has 0 bridgehead atoms. The molecule has 1 aliphatic rings. The summed E-state index contributed by atoms with van der Waals surface area (Å²) in [5.74, 6) is -3.26. The van der Waals surface area contributed by atoms with E-state index in [1.54, 1.807) is 12.1 Å².